The van der Waals surface area contributed by atoms with Crippen LogP contribution in [0.15, 0.2) is 55.1 Å². The number of fused-ring (bicyclic) bond motifs is 3. The van der Waals surface area contributed by atoms with Gasteiger partial charge in [0, 0.05) is 35.8 Å². The van der Waals surface area contributed by atoms with Crippen molar-refractivity contribution in [2.24, 2.45) is 0 Å². The van der Waals surface area contributed by atoms with Crippen LogP contribution in [-0.2, 0) is 16.4 Å². The normalized spacial score (nSPS) is 14.4. The molecule has 1 aliphatic rings. The lowest BCUT2D eigenvalue weighted by Crippen LogP contribution is -2.43. The Hall–Kier alpha value is -4.61. The minimum absolute atomic E-state index is 0.149. The van der Waals surface area contributed by atoms with Crippen LogP contribution in [0.1, 0.15) is 48.2 Å². The molecule has 12 heteroatoms. The van der Waals surface area contributed by atoms with Gasteiger partial charge >= 0.3 is 6.18 Å². The summed E-state index contributed by atoms with van der Waals surface area (Å²) >= 11 is 0. The van der Waals surface area contributed by atoms with Crippen molar-refractivity contribution >= 4 is 23.3 Å². The molecule has 0 saturated carbocycles. The Balaban J connectivity index is 1.54. The van der Waals surface area contributed by atoms with Gasteiger partial charge in [0.2, 0.25) is 5.91 Å². The summed E-state index contributed by atoms with van der Waals surface area (Å²) in [6, 6.07) is 8.98. The fourth-order valence-electron chi connectivity index (χ4n) is 4.58. The Labute approximate surface area is 221 Å². The van der Waals surface area contributed by atoms with Crippen LogP contribution in [0.25, 0.3) is 16.8 Å². The molecule has 5 rings (SSSR count). The number of aromatic nitrogens is 5. The van der Waals surface area contributed by atoms with Gasteiger partial charge in [-0.05, 0) is 69.2 Å². The van der Waals surface area contributed by atoms with E-state index >= 15 is 0 Å². The zero-order chi connectivity index (χ0) is 28.1. The molecule has 0 radical (unpaired) electrons. The van der Waals surface area contributed by atoms with E-state index < -0.39 is 23.2 Å². The number of aryl methyl sites for hydroxylation is 1. The Morgan fingerprint density at radius 1 is 1.10 bits per heavy atom. The molecule has 1 aliphatic heterocycles. The van der Waals surface area contributed by atoms with E-state index in [1.165, 1.54) is 6.07 Å². The number of rotatable bonds is 4. The summed E-state index contributed by atoms with van der Waals surface area (Å²) in [5.41, 5.74) is 1.07. The molecular formula is C27H24F3N7O2. The average molecular weight is 536 g/mol. The van der Waals surface area contributed by atoms with Gasteiger partial charge in [-0.3, -0.25) is 24.0 Å². The van der Waals surface area contributed by atoms with Crippen molar-refractivity contribution in [3.63, 3.8) is 0 Å². The van der Waals surface area contributed by atoms with Crippen LogP contribution in [0.4, 0.5) is 24.7 Å². The van der Waals surface area contributed by atoms with Crippen molar-refractivity contribution in [2.75, 3.05) is 16.8 Å². The van der Waals surface area contributed by atoms with E-state index in [0.717, 1.165) is 17.3 Å². The van der Waals surface area contributed by atoms with Gasteiger partial charge in [0.25, 0.3) is 5.91 Å². The SMILES string of the molecule is CCN1C(=O)C(C)(C)c2nncn2-c2cc(-c3cc(NC(=O)c4ccnc(C(F)(F)F)c4)ccc3C)cnc21. The number of halogens is 3. The third-order valence-electron chi connectivity index (χ3n) is 6.68. The summed E-state index contributed by atoms with van der Waals surface area (Å²) in [4.78, 5) is 35.7. The largest absolute Gasteiger partial charge is 0.433 e. The van der Waals surface area contributed by atoms with E-state index in [1.807, 2.05) is 19.9 Å². The Morgan fingerprint density at radius 2 is 1.87 bits per heavy atom. The first-order valence-corrected chi connectivity index (χ1v) is 12.1. The molecule has 4 heterocycles. The molecule has 9 nitrogen and oxygen atoms in total. The summed E-state index contributed by atoms with van der Waals surface area (Å²) in [7, 11) is 0. The van der Waals surface area contributed by atoms with E-state index in [9.17, 15) is 22.8 Å². The van der Waals surface area contributed by atoms with Gasteiger partial charge in [-0.15, -0.1) is 10.2 Å². The van der Waals surface area contributed by atoms with E-state index in [2.05, 4.69) is 25.5 Å². The standard InChI is InChI=1S/C27H24F3N7O2/c1-5-36-22-20(37-14-33-35-24(37)26(3,4)25(36)39)10-17(13-32-22)19-12-18(7-6-15(19)2)34-23(38)16-8-9-31-21(11-16)27(28,29)30/h6-14H,5H2,1-4H3,(H,34,38). The predicted molar refractivity (Wildman–Crippen MR) is 138 cm³/mol. The lowest BCUT2D eigenvalue weighted by Gasteiger charge is -2.26. The number of amides is 2. The highest BCUT2D eigenvalue weighted by Gasteiger charge is 2.42. The monoisotopic (exact) mass is 535 g/mol. The number of likely N-dealkylation sites (N-methyl/N-ethyl adjacent to an activating group) is 1. The van der Waals surface area contributed by atoms with Gasteiger partial charge in [-0.1, -0.05) is 6.07 Å². The topological polar surface area (TPSA) is 106 Å². The van der Waals surface area contributed by atoms with Crippen molar-refractivity contribution in [2.45, 2.75) is 39.3 Å². The van der Waals surface area contributed by atoms with Gasteiger partial charge in [-0.2, -0.15) is 13.2 Å². The second-order valence-corrected chi connectivity index (χ2v) is 9.68. The molecule has 0 bridgehead atoms. The van der Waals surface area contributed by atoms with Crippen LogP contribution in [0.3, 0.4) is 0 Å². The average Bonchev–Trinajstić information content (AvgIpc) is 3.39. The number of nitrogens with zero attached hydrogens (tertiary/aromatic N) is 6. The van der Waals surface area contributed by atoms with Gasteiger partial charge in [-0.25, -0.2) is 4.98 Å². The van der Waals surface area contributed by atoms with Crippen molar-refractivity contribution in [3.05, 3.63) is 77.8 Å². The minimum atomic E-state index is -4.66. The predicted octanol–water partition coefficient (Wildman–Crippen LogP) is 4.95. The van der Waals surface area contributed by atoms with Gasteiger partial charge in [0.15, 0.2) is 11.6 Å². The van der Waals surface area contributed by atoms with Crippen molar-refractivity contribution in [1.82, 2.24) is 24.7 Å². The number of hydrogen-bond acceptors (Lipinski definition) is 6. The molecule has 1 N–H and O–H groups in total. The molecule has 4 aromatic rings. The Kier molecular flexibility index (Phi) is 6.20. The highest BCUT2D eigenvalue weighted by Crippen LogP contribution is 2.38. The molecule has 200 valence electrons. The molecule has 0 atom stereocenters. The first-order valence-electron chi connectivity index (χ1n) is 12.1. The van der Waals surface area contributed by atoms with E-state index in [0.29, 0.717) is 41.2 Å². The zero-order valence-corrected chi connectivity index (χ0v) is 21.5. The van der Waals surface area contributed by atoms with Crippen molar-refractivity contribution < 1.29 is 22.8 Å². The first-order chi connectivity index (χ1) is 18.4. The Morgan fingerprint density at radius 3 is 2.59 bits per heavy atom. The van der Waals surface area contributed by atoms with Gasteiger partial charge in [0.05, 0.1) is 5.69 Å². The third kappa shape index (κ3) is 4.51. The Bertz CT molecular complexity index is 1610. The molecule has 3 aromatic heterocycles. The second kappa shape index (κ2) is 9.29. The number of benzene rings is 1. The maximum atomic E-state index is 13.4. The van der Waals surface area contributed by atoms with Crippen LogP contribution < -0.4 is 10.2 Å². The van der Waals surface area contributed by atoms with E-state index in [1.54, 1.807) is 54.0 Å². The third-order valence-corrected chi connectivity index (χ3v) is 6.68. The maximum Gasteiger partial charge on any atom is 0.433 e. The van der Waals surface area contributed by atoms with Crippen molar-refractivity contribution in [1.29, 1.82) is 0 Å². The summed E-state index contributed by atoms with van der Waals surface area (Å²) in [5.74, 6) is 0.102. The first kappa shape index (κ1) is 26.0. The quantitative estimate of drug-likeness (QED) is 0.397. The molecule has 39 heavy (non-hydrogen) atoms. The summed E-state index contributed by atoms with van der Waals surface area (Å²) in [6.45, 7) is 7.76. The summed E-state index contributed by atoms with van der Waals surface area (Å²) < 4.78 is 40.9. The van der Waals surface area contributed by atoms with Gasteiger partial charge < -0.3 is 5.32 Å². The molecule has 1 aromatic carbocycles. The number of nitrogens with one attached hydrogen (secondary N) is 1. The summed E-state index contributed by atoms with van der Waals surface area (Å²) in [6.07, 6.45) is -0.529. The van der Waals surface area contributed by atoms with Crippen molar-refractivity contribution in [3.8, 4) is 16.8 Å². The molecule has 0 spiro atoms. The van der Waals surface area contributed by atoms with Crippen LogP contribution >= 0.6 is 0 Å². The fraction of sp³-hybridized carbons (Fsp3) is 0.259. The number of carbonyl (C=O) groups is 2. The van der Waals surface area contributed by atoms with Crippen LogP contribution in [0, 0.1) is 6.92 Å². The number of hydrogen-bond donors (Lipinski definition) is 1. The number of carbonyl (C=O) groups excluding carboxylic acids is 2. The molecule has 0 unspecified atom stereocenters. The lowest BCUT2D eigenvalue weighted by molar-refractivity contribution is -0.141. The smallest absolute Gasteiger partial charge is 0.322 e. The second-order valence-electron chi connectivity index (χ2n) is 9.68. The maximum absolute atomic E-state index is 13.4. The van der Waals surface area contributed by atoms with Gasteiger partial charge in [0.1, 0.15) is 17.4 Å². The number of anilines is 2. The molecule has 0 fully saturated rings. The van der Waals surface area contributed by atoms with Crippen LogP contribution in [-0.4, -0.2) is 43.1 Å². The minimum Gasteiger partial charge on any atom is -0.322 e. The zero-order valence-electron chi connectivity index (χ0n) is 21.5. The molecule has 0 aliphatic carbocycles. The summed E-state index contributed by atoms with van der Waals surface area (Å²) in [5, 5.41) is 10.9. The molecular weight excluding hydrogens is 511 g/mol. The van der Waals surface area contributed by atoms with Crippen LogP contribution in [0.5, 0.6) is 0 Å². The molecule has 0 saturated heterocycles. The highest BCUT2D eigenvalue weighted by molar-refractivity contribution is 6.05. The van der Waals surface area contributed by atoms with E-state index in [4.69, 9.17) is 0 Å². The highest BCUT2D eigenvalue weighted by atomic mass is 19.4. The fourth-order valence-corrected chi connectivity index (χ4v) is 4.58. The number of pyridine rings is 2. The molecule has 2 amide bonds. The van der Waals surface area contributed by atoms with E-state index in [-0.39, 0.29) is 11.5 Å². The lowest BCUT2D eigenvalue weighted by atomic mass is 9.90. The van der Waals surface area contributed by atoms with Crippen LogP contribution in [0.2, 0.25) is 0 Å². The number of alkyl halides is 3.